The van der Waals surface area contributed by atoms with Gasteiger partial charge in [-0.15, -0.1) is 0 Å². The Morgan fingerprint density at radius 2 is 2.00 bits per heavy atom. The molecule has 1 saturated carbocycles. The molecule has 0 saturated heterocycles. The van der Waals surface area contributed by atoms with E-state index in [2.05, 4.69) is 15.3 Å². The Morgan fingerprint density at radius 1 is 1.25 bits per heavy atom. The van der Waals surface area contributed by atoms with Gasteiger partial charge in [0.2, 0.25) is 5.95 Å². The van der Waals surface area contributed by atoms with E-state index in [9.17, 15) is 9.18 Å². The summed E-state index contributed by atoms with van der Waals surface area (Å²) in [5, 5.41) is 3.31. The first-order valence-electron chi connectivity index (χ1n) is 9.64. The Bertz CT molecular complexity index is 876. The fourth-order valence-corrected chi connectivity index (χ4v) is 4.28. The van der Waals surface area contributed by atoms with Crippen molar-refractivity contribution in [3.63, 3.8) is 0 Å². The molecule has 1 aliphatic carbocycles. The predicted octanol–water partition coefficient (Wildman–Crippen LogP) is 2.98. The summed E-state index contributed by atoms with van der Waals surface area (Å²) < 4.78 is 14.6. The third-order valence-corrected chi connectivity index (χ3v) is 5.78. The highest BCUT2D eigenvalue weighted by atomic mass is 19.1. The monoisotopic (exact) mass is 384 g/mol. The number of hydrogen-bond acceptors (Lipinski definition) is 5. The van der Waals surface area contributed by atoms with Gasteiger partial charge in [-0.2, -0.15) is 4.98 Å². The Morgan fingerprint density at radius 3 is 2.68 bits per heavy atom. The number of fused-ring (bicyclic) bond motifs is 1. The van der Waals surface area contributed by atoms with Crippen molar-refractivity contribution in [1.82, 2.24) is 15.3 Å². The molecule has 7 nitrogen and oxygen atoms in total. The van der Waals surface area contributed by atoms with Gasteiger partial charge in [-0.3, -0.25) is 9.80 Å². The zero-order valence-electron chi connectivity index (χ0n) is 16.2. The van der Waals surface area contributed by atoms with Crippen LogP contribution in [0.25, 0.3) is 0 Å². The van der Waals surface area contributed by atoms with Crippen LogP contribution in [0.3, 0.4) is 0 Å². The number of aromatic nitrogens is 2. The van der Waals surface area contributed by atoms with Crippen LogP contribution in [0.2, 0.25) is 0 Å². The van der Waals surface area contributed by atoms with Crippen molar-refractivity contribution in [1.29, 1.82) is 0 Å². The van der Waals surface area contributed by atoms with E-state index in [4.69, 9.17) is 5.73 Å². The number of benzene rings is 1. The number of urea groups is 1. The van der Waals surface area contributed by atoms with Crippen molar-refractivity contribution < 1.29 is 9.18 Å². The van der Waals surface area contributed by atoms with Crippen molar-refractivity contribution >= 4 is 23.5 Å². The number of halogens is 1. The lowest BCUT2D eigenvalue weighted by Gasteiger charge is -2.42. The molecule has 1 aliphatic heterocycles. The van der Waals surface area contributed by atoms with Gasteiger partial charge >= 0.3 is 6.03 Å². The average Bonchev–Trinajstić information content (AvgIpc) is 2.69. The summed E-state index contributed by atoms with van der Waals surface area (Å²) in [5.41, 5.74) is 7.61. The van der Waals surface area contributed by atoms with E-state index in [-0.39, 0.29) is 24.6 Å². The number of nitrogens with zero attached hydrogens (tertiary/aromatic N) is 4. The van der Waals surface area contributed by atoms with Gasteiger partial charge in [0, 0.05) is 23.8 Å². The first kappa shape index (κ1) is 18.6. The molecule has 0 radical (unpaired) electrons. The van der Waals surface area contributed by atoms with Crippen LogP contribution in [-0.4, -0.2) is 35.1 Å². The smallest absolute Gasteiger partial charge is 0.330 e. The van der Waals surface area contributed by atoms with Gasteiger partial charge in [-0.05, 0) is 51.3 Å². The van der Waals surface area contributed by atoms with Gasteiger partial charge < -0.3 is 11.1 Å². The van der Waals surface area contributed by atoms with E-state index in [0.717, 1.165) is 31.2 Å². The summed E-state index contributed by atoms with van der Waals surface area (Å²) >= 11 is 0. The molecule has 4 rings (SSSR count). The molecule has 2 heterocycles. The van der Waals surface area contributed by atoms with Crippen LogP contribution in [-0.2, 0) is 6.54 Å². The summed E-state index contributed by atoms with van der Waals surface area (Å²) in [5.74, 6) is 0.277. The minimum atomic E-state index is -0.410. The van der Waals surface area contributed by atoms with Gasteiger partial charge in [0.05, 0.1) is 12.2 Å². The first-order valence-corrected chi connectivity index (χ1v) is 9.64. The van der Waals surface area contributed by atoms with Crippen molar-refractivity contribution in [3.8, 4) is 0 Å². The Balaban J connectivity index is 1.76. The van der Waals surface area contributed by atoms with E-state index >= 15 is 0 Å². The lowest BCUT2D eigenvalue weighted by Crippen LogP contribution is -2.54. The van der Waals surface area contributed by atoms with E-state index in [1.807, 2.05) is 20.0 Å². The molecule has 8 heteroatoms. The summed E-state index contributed by atoms with van der Waals surface area (Å²) in [6.45, 7) is 2.03. The highest BCUT2D eigenvalue weighted by Gasteiger charge is 2.39. The van der Waals surface area contributed by atoms with Crippen molar-refractivity contribution in [2.45, 2.75) is 51.2 Å². The maximum Gasteiger partial charge on any atom is 0.330 e. The molecule has 3 N–H and O–H groups in total. The maximum atomic E-state index is 14.6. The molecule has 1 aromatic heterocycles. The molecule has 0 spiro atoms. The Labute approximate surface area is 163 Å². The number of aryl methyl sites for hydroxylation is 1. The minimum absolute atomic E-state index is 0.0000274. The molecule has 2 amide bonds. The lowest BCUT2D eigenvalue weighted by molar-refractivity contribution is 0.242. The van der Waals surface area contributed by atoms with Crippen molar-refractivity contribution in [2.75, 3.05) is 22.6 Å². The second-order valence-corrected chi connectivity index (χ2v) is 7.52. The number of carbonyl (C=O) groups excluding carboxylic acids is 1. The number of carbonyl (C=O) groups is 1. The summed E-state index contributed by atoms with van der Waals surface area (Å²) in [7, 11) is 1.96. The predicted molar refractivity (Wildman–Crippen MR) is 107 cm³/mol. The summed E-state index contributed by atoms with van der Waals surface area (Å²) in [6.07, 6.45) is 5.29. The van der Waals surface area contributed by atoms with Crippen LogP contribution in [0.15, 0.2) is 24.4 Å². The minimum Gasteiger partial charge on any atom is -0.368 e. The SMILES string of the molecule is CN[C@H]1CC[C@H](N2C(=O)N(c3c(C)cccc3F)Cc3cnc(N)nc32)CC1. The van der Waals surface area contributed by atoms with Crippen molar-refractivity contribution in [3.05, 3.63) is 41.3 Å². The molecule has 2 aliphatic rings. The molecular weight excluding hydrogens is 359 g/mol. The number of hydrogen-bond donors (Lipinski definition) is 2. The van der Waals surface area contributed by atoms with Crippen LogP contribution in [0, 0.1) is 12.7 Å². The van der Waals surface area contributed by atoms with E-state index in [0.29, 0.717) is 23.1 Å². The van der Waals surface area contributed by atoms with Gasteiger partial charge in [-0.25, -0.2) is 14.2 Å². The Kier molecular flexibility index (Phi) is 4.89. The Hall–Kier alpha value is -2.74. The average molecular weight is 384 g/mol. The maximum absolute atomic E-state index is 14.6. The zero-order valence-corrected chi connectivity index (χ0v) is 16.2. The molecular formula is C20H25FN6O. The van der Waals surface area contributed by atoms with E-state index in [1.54, 1.807) is 17.2 Å². The van der Waals surface area contributed by atoms with Gasteiger partial charge in [0.15, 0.2) is 0 Å². The molecule has 0 bridgehead atoms. The number of anilines is 3. The number of nitrogens with one attached hydrogen (secondary N) is 1. The highest BCUT2D eigenvalue weighted by molar-refractivity contribution is 6.06. The van der Waals surface area contributed by atoms with Crippen molar-refractivity contribution in [2.24, 2.45) is 0 Å². The van der Waals surface area contributed by atoms with E-state index in [1.165, 1.54) is 11.0 Å². The first-order chi connectivity index (χ1) is 13.5. The second kappa shape index (κ2) is 7.35. The molecule has 0 atom stereocenters. The van der Waals surface area contributed by atoms with Crippen LogP contribution < -0.4 is 20.9 Å². The zero-order chi connectivity index (χ0) is 19.8. The number of nitrogens with two attached hydrogens (primary N) is 1. The van der Waals surface area contributed by atoms with Crippen LogP contribution in [0.5, 0.6) is 0 Å². The topological polar surface area (TPSA) is 87.4 Å². The number of amides is 2. The molecule has 0 unspecified atom stereocenters. The highest BCUT2D eigenvalue weighted by Crippen LogP contribution is 2.37. The van der Waals surface area contributed by atoms with Crippen LogP contribution in [0.4, 0.5) is 26.6 Å². The van der Waals surface area contributed by atoms with Gasteiger partial charge in [-0.1, -0.05) is 12.1 Å². The van der Waals surface area contributed by atoms with Gasteiger partial charge in [0.25, 0.3) is 0 Å². The number of para-hydroxylation sites is 1. The van der Waals surface area contributed by atoms with Crippen LogP contribution >= 0.6 is 0 Å². The fourth-order valence-electron chi connectivity index (χ4n) is 4.28. The summed E-state index contributed by atoms with van der Waals surface area (Å²) in [4.78, 5) is 25.2. The molecule has 28 heavy (non-hydrogen) atoms. The van der Waals surface area contributed by atoms with Gasteiger partial charge in [0.1, 0.15) is 11.6 Å². The fraction of sp³-hybridized carbons (Fsp3) is 0.450. The third kappa shape index (κ3) is 3.17. The third-order valence-electron chi connectivity index (χ3n) is 5.78. The number of nitrogen functional groups attached to an aromatic ring is 1. The molecule has 148 valence electrons. The molecule has 1 aromatic carbocycles. The largest absolute Gasteiger partial charge is 0.368 e. The molecule has 1 fully saturated rings. The standard InChI is InChI=1S/C20H25FN6O/c1-12-4-3-5-16(21)17(12)26-11-13-10-24-19(22)25-18(13)27(20(26)28)15-8-6-14(23-2)7-9-15/h3-5,10,14-15,23H,6-9,11H2,1-2H3,(H2,22,24,25)/t14-,15-. The quantitative estimate of drug-likeness (QED) is 0.849. The second-order valence-electron chi connectivity index (χ2n) is 7.52. The van der Waals surface area contributed by atoms with E-state index < -0.39 is 5.82 Å². The normalized spacial score (nSPS) is 22.3. The number of rotatable bonds is 3. The lowest BCUT2D eigenvalue weighted by atomic mass is 9.90. The van der Waals surface area contributed by atoms with Crippen LogP contribution in [0.1, 0.15) is 36.8 Å². The molecule has 2 aromatic rings. The summed E-state index contributed by atoms with van der Waals surface area (Å²) in [6, 6.07) is 5.04.